The molecule has 1 aromatic heterocycles. The second-order valence-electron chi connectivity index (χ2n) is 7.70. The van der Waals surface area contributed by atoms with E-state index in [0.29, 0.717) is 16.4 Å². The summed E-state index contributed by atoms with van der Waals surface area (Å²) in [5.41, 5.74) is 2.47. The predicted octanol–water partition coefficient (Wildman–Crippen LogP) is 5.22. The summed E-state index contributed by atoms with van der Waals surface area (Å²) in [4.78, 5) is 39.1. The second-order valence-corrected chi connectivity index (χ2v) is 8.70. The minimum absolute atomic E-state index is 0.249. The van der Waals surface area contributed by atoms with Crippen LogP contribution in [0.25, 0.3) is 17.0 Å². The van der Waals surface area contributed by atoms with Crippen molar-refractivity contribution in [2.24, 2.45) is 5.92 Å². The average molecular weight is 419 g/mol. The van der Waals surface area contributed by atoms with Gasteiger partial charge in [0.25, 0.3) is 11.1 Å². The van der Waals surface area contributed by atoms with E-state index in [1.165, 1.54) is 0 Å². The van der Waals surface area contributed by atoms with Gasteiger partial charge in [0.15, 0.2) is 5.78 Å². The maximum Gasteiger partial charge on any atom is 0.293 e. The molecule has 0 saturated carbocycles. The Morgan fingerprint density at radius 1 is 1.03 bits per heavy atom. The lowest BCUT2D eigenvalue weighted by atomic mass is 10.1. The molecule has 30 heavy (non-hydrogen) atoms. The molecule has 2 heterocycles. The molecule has 152 valence electrons. The van der Waals surface area contributed by atoms with E-state index in [-0.39, 0.29) is 12.3 Å². The lowest BCUT2D eigenvalue weighted by molar-refractivity contribution is -0.122. The van der Waals surface area contributed by atoms with Gasteiger partial charge in [-0.25, -0.2) is 0 Å². The molecular weight excluding hydrogens is 396 g/mol. The van der Waals surface area contributed by atoms with Crippen molar-refractivity contribution in [1.82, 2.24) is 9.47 Å². The summed E-state index contributed by atoms with van der Waals surface area (Å²) < 4.78 is 2.18. The summed E-state index contributed by atoms with van der Waals surface area (Å²) in [6.45, 7) is 4.93. The Labute approximate surface area is 179 Å². The summed E-state index contributed by atoms with van der Waals surface area (Å²) in [6.07, 6.45) is 3.78. The summed E-state index contributed by atoms with van der Waals surface area (Å²) in [5.74, 6) is -0.201. The van der Waals surface area contributed by atoms with Gasteiger partial charge in [0, 0.05) is 34.8 Å². The van der Waals surface area contributed by atoms with Crippen LogP contribution in [-0.2, 0) is 11.3 Å². The molecule has 1 fully saturated rings. The lowest BCUT2D eigenvalue weighted by Gasteiger charge is -2.11. The van der Waals surface area contributed by atoms with Crippen LogP contribution >= 0.6 is 11.8 Å². The van der Waals surface area contributed by atoms with Crippen LogP contribution in [0.3, 0.4) is 0 Å². The fourth-order valence-electron chi connectivity index (χ4n) is 3.57. The molecule has 5 nitrogen and oxygen atoms in total. The molecule has 0 atom stereocenters. The van der Waals surface area contributed by atoms with Crippen LogP contribution in [0.5, 0.6) is 0 Å². The Morgan fingerprint density at radius 2 is 1.73 bits per heavy atom. The second kappa shape index (κ2) is 8.32. The third-order valence-corrected chi connectivity index (χ3v) is 5.85. The number of hydrogen-bond donors (Lipinski definition) is 0. The molecule has 4 rings (SSSR count). The first kappa shape index (κ1) is 20.2. The van der Waals surface area contributed by atoms with Crippen LogP contribution in [0.1, 0.15) is 29.8 Å². The average Bonchev–Trinajstić information content (AvgIpc) is 3.20. The highest BCUT2D eigenvalue weighted by Gasteiger charge is 2.36. The van der Waals surface area contributed by atoms with E-state index < -0.39 is 11.1 Å². The number of para-hydroxylation sites is 1. The van der Waals surface area contributed by atoms with Gasteiger partial charge in [0.05, 0.1) is 11.4 Å². The number of imide groups is 1. The number of Topliss-reactive ketones (excluding diaryl/α,β-unsaturated/α-hetero) is 1. The van der Waals surface area contributed by atoms with Gasteiger partial charge in [-0.1, -0.05) is 62.4 Å². The number of ketones is 1. The molecule has 0 unspecified atom stereocenters. The molecule has 0 radical (unpaired) electrons. The van der Waals surface area contributed by atoms with Crippen LogP contribution in [0.2, 0.25) is 0 Å². The predicted molar refractivity (Wildman–Crippen MR) is 120 cm³/mol. The topological polar surface area (TPSA) is 59.4 Å². The van der Waals surface area contributed by atoms with Crippen molar-refractivity contribution in [3.63, 3.8) is 0 Å². The van der Waals surface area contributed by atoms with Gasteiger partial charge in [-0.2, -0.15) is 0 Å². The number of amides is 2. The number of aromatic nitrogens is 1. The van der Waals surface area contributed by atoms with Gasteiger partial charge >= 0.3 is 0 Å². The summed E-state index contributed by atoms with van der Waals surface area (Å²) >= 11 is 0.883. The van der Waals surface area contributed by atoms with Gasteiger partial charge in [-0.3, -0.25) is 19.3 Å². The van der Waals surface area contributed by atoms with Crippen LogP contribution in [0.4, 0.5) is 4.79 Å². The Hall–Kier alpha value is -3.12. The molecule has 2 aromatic carbocycles. The van der Waals surface area contributed by atoms with Gasteiger partial charge in [0.1, 0.15) is 0 Å². The van der Waals surface area contributed by atoms with E-state index in [0.717, 1.165) is 39.7 Å². The van der Waals surface area contributed by atoms with Gasteiger partial charge < -0.3 is 4.57 Å². The van der Waals surface area contributed by atoms with Gasteiger partial charge in [-0.15, -0.1) is 0 Å². The molecule has 0 spiro atoms. The first-order chi connectivity index (χ1) is 14.4. The summed E-state index contributed by atoms with van der Waals surface area (Å²) in [5, 5.41) is 0.617. The van der Waals surface area contributed by atoms with Gasteiger partial charge in [0.2, 0.25) is 0 Å². The van der Waals surface area contributed by atoms with E-state index in [9.17, 15) is 14.4 Å². The molecule has 2 amide bonds. The number of fused-ring (bicyclic) bond motifs is 1. The number of carbonyl (C=O) groups is 3. The van der Waals surface area contributed by atoms with Crippen molar-refractivity contribution in [2.45, 2.75) is 20.4 Å². The Morgan fingerprint density at radius 3 is 2.47 bits per heavy atom. The number of hydrogen-bond acceptors (Lipinski definition) is 4. The zero-order valence-corrected chi connectivity index (χ0v) is 17.7. The maximum absolute atomic E-state index is 12.9. The highest BCUT2D eigenvalue weighted by Crippen LogP contribution is 2.34. The van der Waals surface area contributed by atoms with E-state index in [1.54, 1.807) is 30.3 Å². The Balaban J connectivity index is 1.62. The lowest BCUT2D eigenvalue weighted by Crippen LogP contribution is -2.33. The summed E-state index contributed by atoms with van der Waals surface area (Å²) in [7, 11) is 0. The third kappa shape index (κ3) is 3.96. The van der Waals surface area contributed by atoms with Crippen molar-refractivity contribution in [1.29, 1.82) is 0 Å². The van der Waals surface area contributed by atoms with E-state index >= 15 is 0 Å². The fourth-order valence-corrected chi connectivity index (χ4v) is 4.40. The molecule has 0 N–H and O–H groups in total. The first-order valence-corrected chi connectivity index (χ1v) is 10.7. The van der Waals surface area contributed by atoms with Crippen molar-refractivity contribution < 1.29 is 14.4 Å². The highest BCUT2D eigenvalue weighted by atomic mass is 32.2. The SMILES string of the molecule is CC(C)Cn1cc(/C=C2\SC(=O)N(CC(=O)c3ccccc3)C2=O)c2ccccc21. The molecule has 1 saturated heterocycles. The first-order valence-electron chi connectivity index (χ1n) is 9.85. The maximum atomic E-state index is 12.9. The third-order valence-electron chi connectivity index (χ3n) is 4.94. The Kier molecular flexibility index (Phi) is 5.59. The normalized spacial score (nSPS) is 15.7. The van der Waals surface area contributed by atoms with E-state index in [2.05, 4.69) is 24.5 Å². The van der Waals surface area contributed by atoms with Crippen molar-refractivity contribution in [3.8, 4) is 0 Å². The minimum Gasteiger partial charge on any atom is -0.347 e. The quantitative estimate of drug-likeness (QED) is 0.407. The highest BCUT2D eigenvalue weighted by molar-refractivity contribution is 8.18. The number of carbonyl (C=O) groups excluding carboxylic acids is 3. The minimum atomic E-state index is -0.421. The summed E-state index contributed by atoms with van der Waals surface area (Å²) in [6, 6.07) is 16.7. The van der Waals surface area contributed by atoms with Crippen LogP contribution in [0, 0.1) is 5.92 Å². The standard InChI is InChI=1S/C24H22N2O3S/c1-16(2)13-25-14-18(19-10-6-7-11-20(19)25)12-22-23(28)26(24(29)30-22)15-21(27)17-8-4-3-5-9-17/h3-12,14,16H,13,15H2,1-2H3/b22-12-. The molecule has 1 aliphatic rings. The number of rotatable bonds is 6. The number of thioether (sulfide) groups is 1. The van der Waals surface area contributed by atoms with E-state index in [1.807, 2.05) is 30.5 Å². The fraction of sp³-hybridized carbons (Fsp3) is 0.208. The van der Waals surface area contributed by atoms with Crippen LogP contribution < -0.4 is 0 Å². The van der Waals surface area contributed by atoms with E-state index in [4.69, 9.17) is 0 Å². The molecular formula is C24H22N2O3S. The largest absolute Gasteiger partial charge is 0.347 e. The Bertz CT molecular complexity index is 1160. The van der Waals surface area contributed by atoms with Gasteiger partial charge in [-0.05, 0) is 29.8 Å². The van der Waals surface area contributed by atoms with Crippen LogP contribution in [-0.4, -0.2) is 32.9 Å². The number of nitrogens with zero attached hydrogens (tertiary/aromatic N) is 2. The van der Waals surface area contributed by atoms with Crippen molar-refractivity contribution in [2.75, 3.05) is 6.54 Å². The van der Waals surface area contributed by atoms with Crippen molar-refractivity contribution >= 4 is 45.7 Å². The number of benzene rings is 2. The zero-order valence-electron chi connectivity index (χ0n) is 16.9. The molecule has 3 aromatic rings. The molecule has 6 heteroatoms. The van der Waals surface area contributed by atoms with Crippen LogP contribution in [0.15, 0.2) is 65.7 Å². The smallest absolute Gasteiger partial charge is 0.293 e. The monoisotopic (exact) mass is 418 g/mol. The molecule has 0 aliphatic carbocycles. The molecule has 1 aliphatic heterocycles. The zero-order chi connectivity index (χ0) is 21.3. The molecule has 0 bridgehead atoms. The van der Waals surface area contributed by atoms with Crippen molar-refractivity contribution in [3.05, 3.63) is 76.8 Å².